The lowest BCUT2D eigenvalue weighted by Gasteiger charge is -2.45. The molecule has 2 aliphatic rings. The number of aromatic nitrogens is 2. The largest absolute Gasteiger partial charge is 0.339 e. The summed E-state index contributed by atoms with van der Waals surface area (Å²) in [4.78, 5) is 27.3. The number of Topliss-reactive ketones (excluding diaryl/α,β-unsaturated/α-hetero) is 1. The molecule has 1 saturated carbocycles. The molecule has 0 unspecified atom stereocenters. The molecule has 2 heterocycles. The highest BCUT2D eigenvalue weighted by Gasteiger charge is 2.42. The Bertz CT molecular complexity index is 875. The van der Waals surface area contributed by atoms with Gasteiger partial charge in [0.05, 0.1) is 18.1 Å². The van der Waals surface area contributed by atoms with Crippen LogP contribution in [0, 0.1) is 11.8 Å². The van der Waals surface area contributed by atoms with Crippen LogP contribution in [0.5, 0.6) is 0 Å². The summed E-state index contributed by atoms with van der Waals surface area (Å²) in [5, 5.41) is 5.83. The third-order valence-electron chi connectivity index (χ3n) is 6.32. The van der Waals surface area contributed by atoms with E-state index in [-0.39, 0.29) is 24.3 Å². The fourth-order valence-corrected chi connectivity index (χ4v) is 5.08. The lowest BCUT2D eigenvalue weighted by molar-refractivity contribution is -0.142. The van der Waals surface area contributed by atoms with Crippen molar-refractivity contribution in [3.05, 3.63) is 28.9 Å². The first-order chi connectivity index (χ1) is 12.5. The van der Waals surface area contributed by atoms with E-state index in [0.29, 0.717) is 29.7 Å². The van der Waals surface area contributed by atoms with Crippen LogP contribution in [0.4, 0.5) is 0 Å². The average molecular weight is 374 g/mol. The number of amides is 1. The Labute approximate surface area is 158 Å². The Morgan fingerprint density at radius 2 is 2.15 bits per heavy atom. The van der Waals surface area contributed by atoms with Gasteiger partial charge in [0, 0.05) is 42.4 Å². The lowest BCUT2D eigenvalue weighted by atomic mass is 9.70. The Hall–Kier alpha value is -1.88. The van der Waals surface area contributed by atoms with Gasteiger partial charge in [0.15, 0.2) is 0 Å². The van der Waals surface area contributed by atoms with Crippen LogP contribution < -0.4 is 0 Å². The van der Waals surface area contributed by atoms with E-state index in [0.717, 1.165) is 35.7 Å². The molecule has 1 saturated heterocycles. The fraction of sp³-hybridized carbons (Fsp3) is 0.550. The summed E-state index contributed by atoms with van der Waals surface area (Å²) in [6.07, 6.45) is 5.55. The highest BCUT2D eigenvalue weighted by atomic mass is 35.5. The van der Waals surface area contributed by atoms with Gasteiger partial charge in [-0.2, -0.15) is 5.10 Å². The smallest absolute Gasteiger partial charge is 0.227 e. The number of aryl methyl sites for hydroxylation is 1. The molecule has 0 spiro atoms. The SMILES string of the molecule is C[C@H]1[C@H]2CCCC(=O)[C@@H]2CCN1C(=O)Cc1c(Cl)ccc2c1cnn2C. The number of fused-ring (bicyclic) bond motifs is 2. The molecule has 2 aromatic rings. The zero-order valence-electron chi connectivity index (χ0n) is 15.2. The number of carbonyl (C=O) groups excluding carboxylic acids is 2. The van der Waals surface area contributed by atoms with E-state index in [9.17, 15) is 9.59 Å². The molecular formula is C20H24ClN3O2. The summed E-state index contributed by atoms with van der Waals surface area (Å²) in [6, 6.07) is 3.88. The normalized spacial score (nSPS) is 26.2. The molecular weight excluding hydrogens is 350 g/mol. The summed E-state index contributed by atoms with van der Waals surface area (Å²) in [5.74, 6) is 0.933. The fourth-order valence-electron chi connectivity index (χ4n) is 4.85. The molecule has 3 atom stereocenters. The summed E-state index contributed by atoms with van der Waals surface area (Å²) in [5.41, 5.74) is 1.82. The minimum atomic E-state index is 0.0900. The van der Waals surface area contributed by atoms with Crippen molar-refractivity contribution in [2.45, 2.75) is 45.1 Å². The summed E-state index contributed by atoms with van der Waals surface area (Å²) in [6.45, 7) is 2.76. The molecule has 6 heteroatoms. The lowest BCUT2D eigenvalue weighted by Crippen LogP contribution is -2.53. The molecule has 1 amide bonds. The maximum Gasteiger partial charge on any atom is 0.227 e. The quantitative estimate of drug-likeness (QED) is 0.810. The third kappa shape index (κ3) is 2.82. The van der Waals surface area contributed by atoms with Crippen LogP contribution in [-0.4, -0.2) is 39.0 Å². The molecule has 1 aliphatic heterocycles. The van der Waals surface area contributed by atoms with E-state index in [2.05, 4.69) is 12.0 Å². The van der Waals surface area contributed by atoms with E-state index in [4.69, 9.17) is 11.6 Å². The minimum absolute atomic E-state index is 0.0900. The van der Waals surface area contributed by atoms with Crippen molar-refractivity contribution < 1.29 is 9.59 Å². The molecule has 0 bridgehead atoms. The summed E-state index contributed by atoms with van der Waals surface area (Å²) < 4.78 is 1.79. The first-order valence-corrected chi connectivity index (χ1v) is 9.76. The van der Waals surface area contributed by atoms with Crippen molar-refractivity contribution in [3.8, 4) is 0 Å². The van der Waals surface area contributed by atoms with Crippen molar-refractivity contribution in [3.63, 3.8) is 0 Å². The van der Waals surface area contributed by atoms with Gasteiger partial charge in [-0.05, 0) is 49.8 Å². The van der Waals surface area contributed by atoms with Crippen LogP contribution in [0.15, 0.2) is 18.3 Å². The maximum atomic E-state index is 13.1. The second-order valence-corrected chi connectivity index (χ2v) is 8.06. The molecule has 2 fully saturated rings. The molecule has 4 rings (SSSR count). The monoisotopic (exact) mass is 373 g/mol. The highest BCUT2D eigenvalue weighted by Crippen LogP contribution is 2.38. The third-order valence-corrected chi connectivity index (χ3v) is 6.67. The Morgan fingerprint density at radius 3 is 2.96 bits per heavy atom. The number of piperidine rings is 1. The van der Waals surface area contributed by atoms with Gasteiger partial charge in [-0.3, -0.25) is 14.3 Å². The van der Waals surface area contributed by atoms with Gasteiger partial charge < -0.3 is 4.90 Å². The van der Waals surface area contributed by atoms with Gasteiger partial charge in [-0.1, -0.05) is 11.6 Å². The first-order valence-electron chi connectivity index (χ1n) is 9.38. The predicted octanol–water partition coefficient (Wildman–Crippen LogP) is 3.38. The second kappa shape index (κ2) is 6.69. The Balaban J connectivity index is 1.57. The molecule has 1 aromatic heterocycles. The maximum absolute atomic E-state index is 13.1. The second-order valence-electron chi connectivity index (χ2n) is 7.65. The van der Waals surface area contributed by atoms with Crippen LogP contribution in [0.2, 0.25) is 5.02 Å². The molecule has 1 aliphatic carbocycles. The standard InChI is InChI=1S/C20H24ClN3O2/c1-12-13-4-3-5-19(25)14(13)8-9-24(12)20(26)10-15-16-11-22-23(2)18(16)7-6-17(15)21/h6-7,11-14H,3-5,8-10H2,1-2H3/t12-,13+,14+/m0/s1. The molecule has 0 radical (unpaired) electrons. The van der Waals surface area contributed by atoms with Crippen LogP contribution in [-0.2, 0) is 23.1 Å². The molecule has 0 N–H and O–H groups in total. The predicted molar refractivity (Wildman–Crippen MR) is 101 cm³/mol. The van der Waals surface area contributed by atoms with Gasteiger partial charge in [0.2, 0.25) is 5.91 Å². The van der Waals surface area contributed by atoms with Crippen LogP contribution in [0.1, 0.15) is 38.2 Å². The number of halogens is 1. The number of ketones is 1. The first kappa shape index (κ1) is 17.5. The Morgan fingerprint density at radius 1 is 1.35 bits per heavy atom. The van der Waals surface area contributed by atoms with Crippen LogP contribution in [0.25, 0.3) is 10.9 Å². The van der Waals surface area contributed by atoms with Crippen molar-refractivity contribution in [1.29, 1.82) is 0 Å². The van der Waals surface area contributed by atoms with Gasteiger partial charge in [-0.15, -0.1) is 0 Å². The van der Waals surface area contributed by atoms with Crippen LogP contribution >= 0.6 is 11.6 Å². The number of hydrogen-bond acceptors (Lipinski definition) is 3. The molecule has 26 heavy (non-hydrogen) atoms. The summed E-state index contributed by atoms with van der Waals surface area (Å²) >= 11 is 6.41. The molecule has 138 valence electrons. The zero-order chi connectivity index (χ0) is 18.4. The van der Waals surface area contributed by atoms with Crippen molar-refractivity contribution in [1.82, 2.24) is 14.7 Å². The number of rotatable bonds is 2. The topological polar surface area (TPSA) is 55.2 Å². The zero-order valence-corrected chi connectivity index (χ0v) is 16.0. The van der Waals surface area contributed by atoms with E-state index >= 15 is 0 Å². The van der Waals surface area contributed by atoms with Gasteiger partial charge in [-0.25, -0.2) is 0 Å². The van der Waals surface area contributed by atoms with E-state index in [1.165, 1.54) is 0 Å². The van der Waals surface area contributed by atoms with Gasteiger partial charge in [0.25, 0.3) is 0 Å². The highest BCUT2D eigenvalue weighted by molar-refractivity contribution is 6.32. The number of benzene rings is 1. The number of carbonyl (C=O) groups is 2. The average Bonchev–Trinajstić information content (AvgIpc) is 2.99. The Kier molecular flexibility index (Phi) is 4.51. The number of nitrogens with zero attached hydrogens (tertiary/aromatic N) is 3. The van der Waals surface area contributed by atoms with Gasteiger partial charge in [0.1, 0.15) is 5.78 Å². The van der Waals surface area contributed by atoms with E-state index in [1.807, 2.05) is 24.1 Å². The minimum Gasteiger partial charge on any atom is -0.339 e. The molecule has 5 nitrogen and oxygen atoms in total. The van der Waals surface area contributed by atoms with Crippen molar-refractivity contribution >= 4 is 34.2 Å². The van der Waals surface area contributed by atoms with Crippen molar-refractivity contribution in [2.24, 2.45) is 18.9 Å². The number of hydrogen-bond donors (Lipinski definition) is 0. The van der Waals surface area contributed by atoms with Gasteiger partial charge >= 0.3 is 0 Å². The number of likely N-dealkylation sites (tertiary alicyclic amines) is 1. The van der Waals surface area contributed by atoms with Crippen LogP contribution in [0.3, 0.4) is 0 Å². The van der Waals surface area contributed by atoms with E-state index in [1.54, 1.807) is 10.9 Å². The molecule has 1 aromatic carbocycles. The summed E-state index contributed by atoms with van der Waals surface area (Å²) in [7, 11) is 1.88. The van der Waals surface area contributed by atoms with Crippen molar-refractivity contribution in [2.75, 3.05) is 6.54 Å². The van der Waals surface area contributed by atoms with E-state index < -0.39 is 0 Å².